The van der Waals surface area contributed by atoms with Gasteiger partial charge in [0.15, 0.2) is 0 Å². The van der Waals surface area contributed by atoms with Gasteiger partial charge in [-0.1, -0.05) is 23.7 Å². The van der Waals surface area contributed by atoms with E-state index in [1.54, 1.807) is 42.5 Å². The predicted molar refractivity (Wildman–Crippen MR) is 94.8 cm³/mol. The monoisotopic (exact) mass is 346 g/mol. The van der Waals surface area contributed by atoms with Crippen molar-refractivity contribution in [3.05, 3.63) is 63.2 Å². The van der Waals surface area contributed by atoms with Crippen molar-refractivity contribution in [3.8, 4) is 11.5 Å². The van der Waals surface area contributed by atoms with Gasteiger partial charge in [-0.15, -0.1) is 0 Å². The van der Waals surface area contributed by atoms with Crippen molar-refractivity contribution >= 4 is 35.3 Å². The standard InChI is InChI=1S/C17H15ClN2O4/c1-23-16-11-17(24-2)14(10-13(16)18)19-9-5-7-12-6-3-4-8-15(12)20(21)22/h3-11H,1-2H3/b7-5+,19-9?. The Hall–Kier alpha value is -2.86. The number of aliphatic imine (C=N–C) groups is 1. The zero-order valence-electron chi connectivity index (χ0n) is 13.1. The summed E-state index contributed by atoms with van der Waals surface area (Å²) >= 11 is 6.08. The molecule has 0 spiro atoms. The molecule has 0 aliphatic rings. The van der Waals surface area contributed by atoms with Crippen LogP contribution >= 0.6 is 11.6 Å². The van der Waals surface area contributed by atoms with Gasteiger partial charge in [-0.05, 0) is 24.3 Å². The summed E-state index contributed by atoms with van der Waals surface area (Å²) in [6.07, 6.45) is 4.73. The number of nitrogens with zero attached hydrogens (tertiary/aromatic N) is 2. The van der Waals surface area contributed by atoms with Crippen LogP contribution in [0, 0.1) is 10.1 Å². The van der Waals surface area contributed by atoms with Crippen molar-refractivity contribution in [1.82, 2.24) is 0 Å². The number of hydrogen-bond acceptors (Lipinski definition) is 5. The molecule has 0 aliphatic heterocycles. The molecule has 0 amide bonds. The van der Waals surface area contributed by atoms with Gasteiger partial charge in [0.1, 0.15) is 17.2 Å². The molecule has 0 N–H and O–H groups in total. The van der Waals surface area contributed by atoms with Crippen LogP contribution in [-0.4, -0.2) is 25.4 Å². The first-order valence-corrected chi connectivity index (χ1v) is 7.30. The molecular weight excluding hydrogens is 332 g/mol. The number of ether oxygens (including phenoxy) is 2. The molecule has 2 aromatic rings. The molecule has 2 aromatic carbocycles. The average molecular weight is 347 g/mol. The number of allylic oxidation sites excluding steroid dienone is 1. The van der Waals surface area contributed by atoms with Gasteiger partial charge in [0, 0.05) is 18.3 Å². The number of benzene rings is 2. The fourth-order valence-corrected chi connectivity index (χ4v) is 2.24. The van der Waals surface area contributed by atoms with E-state index in [-0.39, 0.29) is 5.69 Å². The third-order valence-electron chi connectivity index (χ3n) is 3.16. The zero-order valence-corrected chi connectivity index (χ0v) is 13.9. The number of nitro benzene ring substituents is 1. The van der Waals surface area contributed by atoms with Crippen molar-refractivity contribution in [1.29, 1.82) is 0 Å². The van der Waals surface area contributed by atoms with Gasteiger partial charge < -0.3 is 9.47 Å². The molecule has 124 valence electrons. The first-order valence-electron chi connectivity index (χ1n) is 6.92. The molecule has 0 aromatic heterocycles. The van der Waals surface area contributed by atoms with E-state index in [2.05, 4.69) is 4.99 Å². The van der Waals surface area contributed by atoms with Gasteiger partial charge >= 0.3 is 0 Å². The molecule has 24 heavy (non-hydrogen) atoms. The minimum atomic E-state index is -0.427. The van der Waals surface area contributed by atoms with Crippen LogP contribution in [-0.2, 0) is 0 Å². The van der Waals surface area contributed by atoms with Crippen molar-refractivity contribution < 1.29 is 14.4 Å². The van der Waals surface area contributed by atoms with Gasteiger partial charge in [-0.25, -0.2) is 0 Å². The lowest BCUT2D eigenvalue weighted by atomic mass is 10.1. The SMILES string of the molecule is COc1cc(OC)c(N=C/C=C/c2ccccc2[N+](=O)[O-])cc1Cl. The van der Waals surface area contributed by atoms with Crippen LogP contribution in [0.15, 0.2) is 47.5 Å². The Morgan fingerprint density at radius 3 is 2.54 bits per heavy atom. The summed E-state index contributed by atoms with van der Waals surface area (Å²) in [4.78, 5) is 14.8. The highest BCUT2D eigenvalue weighted by Gasteiger charge is 2.09. The highest BCUT2D eigenvalue weighted by molar-refractivity contribution is 6.32. The molecule has 7 heteroatoms. The molecule has 0 bridgehead atoms. The second kappa shape index (κ2) is 8.12. The summed E-state index contributed by atoms with van der Waals surface area (Å²) in [6.45, 7) is 0. The van der Waals surface area contributed by atoms with Crippen LogP contribution in [0.4, 0.5) is 11.4 Å². The number of para-hydroxylation sites is 1. The Balaban J connectivity index is 2.23. The van der Waals surface area contributed by atoms with E-state index < -0.39 is 4.92 Å². The Morgan fingerprint density at radius 2 is 1.88 bits per heavy atom. The first kappa shape index (κ1) is 17.5. The maximum atomic E-state index is 11.0. The molecule has 6 nitrogen and oxygen atoms in total. The van der Waals surface area contributed by atoms with Crippen LogP contribution < -0.4 is 9.47 Å². The summed E-state index contributed by atoms with van der Waals surface area (Å²) in [5, 5.41) is 11.4. The van der Waals surface area contributed by atoms with Crippen molar-refractivity contribution in [2.75, 3.05) is 14.2 Å². The molecule has 0 heterocycles. The molecule has 2 rings (SSSR count). The topological polar surface area (TPSA) is 74.0 Å². The van der Waals surface area contributed by atoms with Crippen LogP contribution in [0.2, 0.25) is 5.02 Å². The molecule has 0 fully saturated rings. The fourth-order valence-electron chi connectivity index (χ4n) is 2.01. The molecular formula is C17H15ClN2O4. The minimum absolute atomic E-state index is 0.0345. The molecule has 0 unspecified atom stereocenters. The van der Waals surface area contributed by atoms with E-state index in [9.17, 15) is 10.1 Å². The highest BCUT2D eigenvalue weighted by atomic mass is 35.5. The minimum Gasteiger partial charge on any atom is -0.495 e. The van der Waals surface area contributed by atoms with Crippen molar-refractivity contribution in [3.63, 3.8) is 0 Å². The van der Waals surface area contributed by atoms with E-state index in [0.717, 1.165) is 0 Å². The van der Waals surface area contributed by atoms with Gasteiger partial charge in [0.2, 0.25) is 0 Å². The molecule has 0 saturated heterocycles. The second-order valence-corrected chi connectivity index (χ2v) is 5.02. The number of methoxy groups -OCH3 is 2. The van der Waals surface area contributed by atoms with Gasteiger partial charge in [-0.2, -0.15) is 0 Å². The van der Waals surface area contributed by atoms with Crippen LogP contribution in [0.25, 0.3) is 6.08 Å². The smallest absolute Gasteiger partial charge is 0.276 e. The number of rotatable bonds is 6. The lowest BCUT2D eigenvalue weighted by molar-refractivity contribution is -0.385. The largest absolute Gasteiger partial charge is 0.495 e. The van der Waals surface area contributed by atoms with E-state index in [1.165, 1.54) is 26.5 Å². The summed E-state index contributed by atoms with van der Waals surface area (Å²) in [7, 11) is 3.03. The van der Waals surface area contributed by atoms with Gasteiger partial charge in [0.25, 0.3) is 5.69 Å². The molecule has 0 saturated carbocycles. The lowest BCUT2D eigenvalue weighted by Crippen LogP contribution is -1.90. The van der Waals surface area contributed by atoms with E-state index in [4.69, 9.17) is 21.1 Å². The highest BCUT2D eigenvalue weighted by Crippen LogP contribution is 2.37. The van der Waals surface area contributed by atoms with E-state index >= 15 is 0 Å². The Labute approximate surface area is 144 Å². The summed E-state index contributed by atoms with van der Waals surface area (Å²) in [5.74, 6) is 0.995. The van der Waals surface area contributed by atoms with E-state index in [0.29, 0.717) is 27.8 Å². The molecule has 0 atom stereocenters. The molecule has 0 aliphatic carbocycles. The number of halogens is 1. The second-order valence-electron chi connectivity index (χ2n) is 4.61. The summed E-state index contributed by atoms with van der Waals surface area (Å²) < 4.78 is 10.4. The maximum Gasteiger partial charge on any atom is 0.276 e. The van der Waals surface area contributed by atoms with Crippen LogP contribution in [0.3, 0.4) is 0 Å². The number of hydrogen-bond donors (Lipinski definition) is 0. The van der Waals surface area contributed by atoms with E-state index in [1.807, 2.05) is 0 Å². The van der Waals surface area contributed by atoms with Gasteiger partial charge in [-0.3, -0.25) is 15.1 Å². The normalized spacial score (nSPS) is 11.1. The average Bonchev–Trinajstić information content (AvgIpc) is 2.59. The quantitative estimate of drug-likeness (QED) is 0.432. The van der Waals surface area contributed by atoms with Crippen LogP contribution in [0.5, 0.6) is 11.5 Å². The third kappa shape index (κ3) is 4.11. The lowest BCUT2D eigenvalue weighted by Gasteiger charge is -2.08. The first-order chi connectivity index (χ1) is 11.6. The zero-order chi connectivity index (χ0) is 17.5. The number of nitro groups is 1. The van der Waals surface area contributed by atoms with Crippen LogP contribution in [0.1, 0.15) is 5.56 Å². The van der Waals surface area contributed by atoms with Gasteiger partial charge in [0.05, 0.1) is 29.7 Å². The third-order valence-corrected chi connectivity index (χ3v) is 3.46. The summed E-state index contributed by atoms with van der Waals surface area (Å²) in [5.41, 5.74) is 1.05. The Kier molecular flexibility index (Phi) is 5.92. The Bertz CT molecular complexity index is 803. The maximum absolute atomic E-state index is 11.0. The Morgan fingerprint density at radius 1 is 1.17 bits per heavy atom. The van der Waals surface area contributed by atoms with Crippen molar-refractivity contribution in [2.45, 2.75) is 0 Å². The molecule has 0 radical (unpaired) electrons. The summed E-state index contributed by atoms with van der Waals surface area (Å²) in [6, 6.07) is 9.72. The predicted octanol–water partition coefficient (Wildman–Crippen LogP) is 4.68. The van der Waals surface area contributed by atoms with Crippen molar-refractivity contribution in [2.24, 2.45) is 4.99 Å². The fraction of sp³-hybridized carbons (Fsp3) is 0.118.